The summed E-state index contributed by atoms with van der Waals surface area (Å²) in [6.45, 7) is 5.42. The molecule has 1 amide bonds. The zero-order chi connectivity index (χ0) is 13.8. The first-order chi connectivity index (χ1) is 8.28. The van der Waals surface area contributed by atoms with E-state index in [9.17, 15) is 9.59 Å². The van der Waals surface area contributed by atoms with Crippen molar-refractivity contribution in [2.45, 2.75) is 64.5 Å². The summed E-state index contributed by atoms with van der Waals surface area (Å²) in [4.78, 5) is 22.5. The van der Waals surface area contributed by atoms with E-state index in [-0.39, 0.29) is 18.4 Å². The standard InChI is InChI=1S/C13H23NO4/c1-13(2,3)18-12(17)14-10-7-5-4-6-9(10)8-11(15)16/h9-10H,4-8H2,1-3H3,(H,14,17)(H,15,16)/t9-,10-/m1/s1. The zero-order valence-corrected chi connectivity index (χ0v) is 11.4. The summed E-state index contributed by atoms with van der Waals surface area (Å²) in [7, 11) is 0. The van der Waals surface area contributed by atoms with Crippen molar-refractivity contribution in [2.75, 3.05) is 0 Å². The average Bonchev–Trinajstić information content (AvgIpc) is 2.17. The Labute approximate surface area is 108 Å². The fraction of sp³-hybridized carbons (Fsp3) is 0.846. The summed E-state index contributed by atoms with van der Waals surface area (Å²) in [5.74, 6) is -0.790. The molecule has 0 radical (unpaired) electrons. The quantitative estimate of drug-likeness (QED) is 0.814. The number of nitrogens with one attached hydrogen (secondary N) is 1. The van der Waals surface area contributed by atoms with Gasteiger partial charge < -0.3 is 15.2 Å². The van der Waals surface area contributed by atoms with Gasteiger partial charge >= 0.3 is 12.1 Å². The maximum Gasteiger partial charge on any atom is 0.407 e. The van der Waals surface area contributed by atoms with Crippen LogP contribution >= 0.6 is 0 Å². The largest absolute Gasteiger partial charge is 0.481 e. The van der Waals surface area contributed by atoms with Crippen LogP contribution in [0.5, 0.6) is 0 Å². The van der Waals surface area contributed by atoms with Crippen LogP contribution in [0.1, 0.15) is 52.9 Å². The predicted molar refractivity (Wildman–Crippen MR) is 67.4 cm³/mol. The fourth-order valence-corrected chi connectivity index (χ4v) is 2.33. The molecule has 2 atom stereocenters. The first-order valence-corrected chi connectivity index (χ1v) is 6.49. The number of hydrogen-bond donors (Lipinski definition) is 2. The average molecular weight is 257 g/mol. The number of carboxylic acid groups (broad SMARTS) is 1. The second-order valence-corrected chi connectivity index (χ2v) is 5.90. The van der Waals surface area contributed by atoms with Crippen molar-refractivity contribution >= 4 is 12.1 Å². The Morgan fingerprint density at radius 1 is 1.28 bits per heavy atom. The van der Waals surface area contributed by atoms with Gasteiger partial charge in [-0.1, -0.05) is 12.8 Å². The van der Waals surface area contributed by atoms with Crippen LogP contribution in [0.25, 0.3) is 0 Å². The normalized spacial score (nSPS) is 24.4. The molecule has 2 N–H and O–H groups in total. The van der Waals surface area contributed by atoms with Gasteiger partial charge in [-0.05, 0) is 39.5 Å². The minimum absolute atomic E-state index is 0.0174. The summed E-state index contributed by atoms with van der Waals surface area (Å²) in [5, 5.41) is 11.7. The highest BCUT2D eigenvalue weighted by Crippen LogP contribution is 2.27. The maximum atomic E-state index is 11.7. The van der Waals surface area contributed by atoms with E-state index in [1.54, 1.807) is 0 Å². The van der Waals surface area contributed by atoms with E-state index in [2.05, 4.69) is 5.32 Å². The van der Waals surface area contributed by atoms with Crippen molar-refractivity contribution in [3.8, 4) is 0 Å². The van der Waals surface area contributed by atoms with E-state index in [0.717, 1.165) is 25.7 Å². The van der Waals surface area contributed by atoms with Gasteiger partial charge in [0.1, 0.15) is 5.60 Å². The van der Waals surface area contributed by atoms with Crippen LogP contribution in [-0.4, -0.2) is 28.8 Å². The Hall–Kier alpha value is -1.26. The van der Waals surface area contributed by atoms with Crippen molar-refractivity contribution in [2.24, 2.45) is 5.92 Å². The number of ether oxygens (including phenoxy) is 1. The lowest BCUT2D eigenvalue weighted by Gasteiger charge is -2.32. The molecule has 1 aliphatic rings. The van der Waals surface area contributed by atoms with Gasteiger partial charge in [0.25, 0.3) is 0 Å². The molecule has 5 nitrogen and oxygen atoms in total. The van der Waals surface area contributed by atoms with Gasteiger partial charge in [0, 0.05) is 6.04 Å². The van der Waals surface area contributed by atoms with Crippen LogP contribution < -0.4 is 5.32 Å². The lowest BCUT2D eigenvalue weighted by atomic mass is 9.82. The monoisotopic (exact) mass is 257 g/mol. The predicted octanol–water partition coefficient (Wildman–Crippen LogP) is 2.54. The smallest absolute Gasteiger partial charge is 0.407 e. The van der Waals surface area contributed by atoms with Gasteiger partial charge in [0.15, 0.2) is 0 Å². The first kappa shape index (κ1) is 14.8. The molecule has 0 aromatic heterocycles. The fourth-order valence-electron chi connectivity index (χ4n) is 2.33. The highest BCUT2D eigenvalue weighted by atomic mass is 16.6. The van der Waals surface area contributed by atoms with Crippen LogP contribution in [0.3, 0.4) is 0 Å². The molecule has 0 aromatic rings. The number of carbonyl (C=O) groups excluding carboxylic acids is 1. The minimum atomic E-state index is -0.808. The lowest BCUT2D eigenvalue weighted by molar-refractivity contribution is -0.138. The Morgan fingerprint density at radius 3 is 2.44 bits per heavy atom. The molecule has 0 saturated heterocycles. The van der Waals surface area contributed by atoms with E-state index in [4.69, 9.17) is 9.84 Å². The highest BCUT2D eigenvalue weighted by molar-refractivity contribution is 5.69. The van der Waals surface area contributed by atoms with Gasteiger partial charge in [-0.25, -0.2) is 4.79 Å². The van der Waals surface area contributed by atoms with Gasteiger partial charge in [-0.3, -0.25) is 4.79 Å². The van der Waals surface area contributed by atoms with Crippen molar-refractivity contribution in [3.05, 3.63) is 0 Å². The van der Waals surface area contributed by atoms with Crippen molar-refractivity contribution < 1.29 is 19.4 Å². The summed E-state index contributed by atoms with van der Waals surface area (Å²) in [5.41, 5.74) is -0.527. The summed E-state index contributed by atoms with van der Waals surface area (Å²) in [6.07, 6.45) is 3.40. The van der Waals surface area contributed by atoms with E-state index >= 15 is 0 Å². The number of alkyl carbamates (subject to hydrolysis) is 1. The molecule has 1 fully saturated rings. The molecule has 0 spiro atoms. The number of hydrogen-bond acceptors (Lipinski definition) is 3. The second kappa shape index (κ2) is 6.07. The van der Waals surface area contributed by atoms with Gasteiger partial charge in [-0.2, -0.15) is 0 Å². The number of rotatable bonds is 3. The molecule has 0 unspecified atom stereocenters. The zero-order valence-electron chi connectivity index (χ0n) is 11.4. The molecule has 1 aliphatic carbocycles. The van der Waals surface area contributed by atoms with Crippen LogP contribution in [0.2, 0.25) is 0 Å². The Balaban J connectivity index is 2.51. The maximum absolute atomic E-state index is 11.7. The molecular formula is C13H23NO4. The molecule has 18 heavy (non-hydrogen) atoms. The van der Waals surface area contributed by atoms with E-state index in [1.807, 2.05) is 20.8 Å². The van der Waals surface area contributed by atoms with E-state index < -0.39 is 17.7 Å². The minimum Gasteiger partial charge on any atom is -0.481 e. The van der Waals surface area contributed by atoms with Crippen LogP contribution in [0, 0.1) is 5.92 Å². The number of carbonyl (C=O) groups is 2. The third-order valence-corrected chi connectivity index (χ3v) is 3.05. The summed E-state index contributed by atoms with van der Waals surface area (Å²) in [6, 6.07) is -0.0790. The van der Waals surface area contributed by atoms with Crippen LogP contribution in [0.4, 0.5) is 4.79 Å². The third-order valence-electron chi connectivity index (χ3n) is 3.05. The molecule has 0 aliphatic heterocycles. The molecule has 0 heterocycles. The van der Waals surface area contributed by atoms with E-state index in [0.29, 0.717) is 0 Å². The summed E-state index contributed by atoms with van der Waals surface area (Å²) >= 11 is 0. The third kappa shape index (κ3) is 5.38. The lowest BCUT2D eigenvalue weighted by Crippen LogP contribution is -2.44. The van der Waals surface area contributed by atoms with Gasteiger partial charge in [0.05, 0.1) is 6.42 Å². The van der Waals surface area contributed by atoms with Crippen molar-refractivity contribution in [1.29, 1.82) is 0 Å². The molecule has 0 bridgehead atoms. The molecule has 0 aromatic carbocycles. The van der Waals surface area contributed by atoms with Crippen molar-refractivity contribution in [3.63, 3.8) is 0 Å². The molecule has 1 rings (SSSR count). The second-order valence-electron chi connectivity index (χ2n) is 5.90. The first-order valence-electron chi connectivity index (χ1n) is 6.49. The Kier molecular flexibility index (Phi) is 4.99. The Morgan fingerprint density at radius 2 is 1.89 bits per heavy atom. The highest BCUT2D eigenvalue weighted by Gasteiger charge is 2.29. The molecular weight excluding hydrogens is 234 g/mol. The number of carboxylic acids is 1. The van der Waals surface area contributed by atoms with Crippen molar-refractivity contribution in [1.82, 2.24) is 5.32 Å². The van der Waals surface area contributed by atoms with Crippen LogP contribution in [0.15, 0.2) is 0 Å². The Bertz CT molecular complexity index is 309. The van der Waals surface area contributed by atoms with Crippen LogP contribution in [-0.2, 0) is 9.53 Å². The number of amides is 1. The van der Waals surface area contributed by atoms with Gasteiger partial charge in [0.2, 0.25) is 0 Å². The van der Waals surface area contributed by atoms with E-state index in [1.165, 1.54) is 0 Å². The topological polar surface area (TPSA) is 75.6 Å². The SMILES string of the molecule is CC(C)(C)OC(=O)N[C@@H]1CCCC[C@@H]1CC(=O)O. The summed E-state index contributed by atoms with van der Waals surface area (Å²) < 4.78 is 5.20. The molecule has 5 heteroatoms. The number of aliphatic carboxylic acids is 1. The van der Waals surface area contributed by atoms with Gasteiger partial charge in [-0.15, -0.1) is 0 Å². The molecule has 104 valence electrons. The molecule has 1 saturated carbocycles.